The van der Waals surface area contributed by atoms with Gasteiger partial charge in [-0.2, -0.15) is 0 Å². The molecular formula is C14H29BrO. The van der Waals surface area contributed by atoms with Crippen molar-refractivity contribution in [3.8, 4) is 0 Å². The Labute approximate surface area is 110 Å². The zero-order valence-corrected chi connectivity index (χ0v) is 12.7. The number of alkyl halides is 1. The van der Waals surface area contributed by atoms with Gasteiger partial charge in [-0.1, -0.05) is 81.1 Å². The first-order valence-electron chi connectivity index (χ1n) is 7.07. The van der Waals surface area contributed by atoms with Crippen LogP contribution in [0.2, 0.25) is 0 Å². The average Bonchev–Trinajstić information content (AvgIpc) is 2.27. The fraction of sp³-hybridized carbons (Fsp3) is 1.00. The lowest BCUT2D eigenvalue weighted by Crippen LogP contribution is -2.05. The van der Waals surface area contributed by atoms with Gasteiger partial charge in [-0.05, 0) is 12.8 Å². The van der Waals surface area contributed by atoms with Crippen LogP contribution in [0.15, 0.2) is 0 Å². The van der Waals surface area contributed by atoms with E-state index in [2.05, 4.69) is 29.8 Å². The lowest BCUT2D eigenvalue weighted by Gasteiger charge is -2.09. The number of rotatable bonds is 12. The van der Waals surface area contributed by atoms with Crippen LogP contribution in [0.5, 0.6) is 0 Å². The first kappa shape index (κ1) is 16.4. The Bertz CT molecular complexity index is 128. The van der Waals surface area contributed by atoms with Gasteiger partial charge in [0.15, 0.2) is 0 Å². The van der Waals surface area contributed by atoms with E-state index in [0.29, 0.717) is 0 Å². The summed E-state index contributed by atoms with van der Waals surface area (Å²) in [5, 5.41) is 0.280. The summed E-state index contributed by atoms with van der Waals surface area (Å²) >= 11 is 3.53. The van der Waals surface area contributed by atoms with Gasteiger partial charge >= 0.3 is 0 Å². The Morgan fingerprint density at radius 1 is 0.812 bits per heavy atom. The molecule has 0 fully saturated rings. The van der Waals surface area contributed by atoms with E-state index >= 15 is 0 Å². The Hall–Kier alpha value is 0.440. The lowest BCUT2D eigenvalue weighted by molar-refractivity contribution is 0.107. The van der Waals surface area contributed by atoms with Crippen LogP contribution in [-0.2, 0) is 4.74 Å². The fourth-order valence-electron chi connectivity index (χ4n) is 1.76. The molecule has 1 unspecified atom stereocenters. The minimum Gasteiger partial charge on any atom is -0.367 e. The second kappa shape index (κ2) is 13.5. The zero-order valence-electron chi connectivity index (χ0n) is 11.1. The van der Waals surface area contributed by atoms with Gasteiger partial charge in [-0.15, -0.1) is 0 Å². The first-order chi connectivity index (χ1) is 7.81. The second-order valence-electron chi connectivity index (χ2n) is 4.54. The van der Waals surface area contributed by atoms with Crippen LogP contribution in [0.1, 0.15) is 78.1 Å². The van der Waals surface area contributed by atoms with Crippen molar-refractivity contribution in [1.29, 1.82) is 0 Å². The van der Waals surface area contributed by atoms with Crippen LogP contribution in [0.3, 0.4) is 0 Å². The maximum Gasteiger partial charge on any atom is 0.112 e. The summed E-state index contributed by atoms with van der Waals surface area (Å²) in [4.78, 5) is 0. The van der Waals surface area contributed by atoms with Crippen molar-refractivity contribution in [2.45, 2.75) is 83.1 Å². The summed E-state index contributed by atoms with van der Waals surface area (Å²) < 4.78 is 5.64. The minimum absolute atomic E-state index is 0.280. The minimum atomic E-state index is 0.280. The van der Waals surface area contributed by atoms with Gasteiger partial charge in [-0.3, -0.25) is 0 Å². The van der Waals surface area contributed by atoms with E-state index in [1.54, 1.807) is 0 Å². The molecule has 0 aromatic carbocycles. The molecule has 98 valence electrons. The summed E-state index contributed by atoms with van der Waals surface area (Å²) in [5.41, 5.74) is 0. The number of ether oxygens (including phenoxy) is 1. The first-order valence-corrected chi connectivity index (χ1v) is 7.98. The largest absolute Gasteiger partial charge is 0.367 e. The lowest BCUT2D eigenvalue weighted by atomic mass is 10.1. The molecule has 0 aliphatic carbocycles. The van der Waals surface area contributed by atoms with Crippen molar-refractivity contribution in [3.05, 3.63) is 0 Å². The van der Waals surface area contributed by atoms with Crippen LogP contribution < -0.4 is 0 Å². The van der Waals surface area contributed by atoms with E-state index in [0.717, 1.165) is 13.0 Å². The molecule has 1 nitrogen and oxygen atoms in total. The topological polar surface area (TPSA) is 9.23 Å². The fourth-order valence-corrected chi connectivity index (χ4v) is 2.40. The predicted molar refractivity (Wildman–Crippen MR) is 76.2 cm³/mol. The third-order valence-electron chi connectivity index (χ3n) is 2.81. The number of unbranched alkanes of at least 4 members (excludes halogenated alkanes) is 7. The van der Waals surface area contributed by atoms with Gasteiger partial charge < -0.3 is 4.74 Å². The Kier molecular flexibility index (Phi) is 13.9. The summed E-state index contributed by atoms with van der Waals surface area (Å²) in [6.07, 6.45) is 13.3. The standard InChI is InChI=1S/C14H29BrO/c1-3-5-6-7-8-9-10-11-13-16-14(15)12-4-2/h14H,3-13H2,1-2H3. The van der Waals surface area contributed by atoms with Gasteiger partial charge in [-0.25, -0.2) is 0 Å². The molecule has 0 N–H and O–H groups in total. The maximum atomic E-state index is 5.64. The van der Waals surface area contributed by atoms with Crippen LogP contribution in [0, 0.1) is 0 Å². The van der Waals surface area contributed by atoms with Gasteiger partial charge in [0.1, 0.15) is 5.01 Å². The predicted octanol–water partition coefficient (Wildman–Crippen LogP) is 5.66. The van der Waals surface area contributed by atoms with Crippen molar-refractivity contribution in [3.63, 3.8) is 0 Å². The molecule has 1 atom stereocenters. The van der Waals surface area contributed by atoms with Gasteiger partial charge in [0.25, 0.3) is 0 Å². The van der Waals surface area contributed by atoms with Crippen molar-refractivity contribution >= 4 is 15.9 Å². The summed E-state index contributed by atoms with van der Waals surface area (Å²) in [6, 6.07) is 0. The van der Waals surface area contributed by atoms with E-state index in [1.165, 1.54) is 57.8 Å². The summed E-state index contributed by atoms with van der Waals surface area (Å²) in [5.74, 6) is 0. The van der Waals surface area contributed by atoms with E-state index in [4.69, 9.17) is 4.74 Å². The quantitative estimate of drug-likeness (QED) is 0.333. The molecule has 0 aromatic heterocycles. The number of halogens is 1. The van der Waals surface area contributed by atoms with Gasteiger partial charge in [0.2, 0.25) is 0 Å². The second-order valence-corrected chi connectivity index (χ2v) is 5.57. The molecule has 0 rings (SSSR count). The normalized spacial score (nSPS) is 12.9. The van der Waals surface area contributed by atoms with E-state index < -0.39 is 0 Å². The smallest absolute Gasteiger partial charge is 0.112 e. The maximum absolute atomic E-state index is 5.64. The third-order valence-corrected chi connectivity index (χ3v) is 3.53. The number of hydrogen-bond acceptors (Lipinski definition) is 1. The monoisotopic (exact) mass is 292 g/mol. The zero-order chi connectivity index (χ0) is 12.1. The van der Waals surface area contributed by atoms with E-state index in [9.17, 15) is 0 Å². The number of hydrogen-bond donors (Lipinski definition) is 0. The molecule has 2 heteroatoms. The molecule has 0 bridgehead atoms. The summed E-state index contributed by atoms with van der Waals surface area (Å²) in [6.45, 7) is 5.38. The molecule has 0 saturated carbocycles. The highest BCUT2D eigenvalue weighted by Gasteiger charge is 2.01. The molecule has 0 amide bonds. The molecule has 0 aliphatic heterocycles. The van der Waals surface area contributed by atoms with E-state index in [-0.39, 0.29) is 5.01 Å². The molecule has 0 radical (unpaired) electrons. The summed E-state index contributed by atoms with van der Waals surface area (Å²) in [7, 11) is 0. The van der Waals surface area contributed by atoms with Gasteiger partial charge in [0.05, 0.1) is 0 Å². The van der Waals surface area contributed by atoms with Crippen LogP contribution in [-0.4, -0.2) is 11.6 Å². The molecule has 0 aromatic rings. The molecule has 16 heavy (non-hydrogen) atoms. The van der Waals surface area contributed by atoms with Crippen molar-refractivity contribution in [2.75, 3.05) is 6.61 Å². The van der Waals surface area contributed by atoms with Crippen LogP contribution in [0.25, 0.3) is 0 Å². The molecular weight excluding hydrogens is 264 g/mol. The van der Waals surface area contributed by atoms with E-state index in [1.807, 2.05) is 0 Å². The third kappa shape index (κ3) is 12.5. The van der Waals surface area contributed by atoms with Crippen molar-refractivity contribution < 1.29 is 4.74 Å². The average molecular weight is 293 g/mol. The Morgan fingerprint density at radius 2 is 1.38 bits per heavy atom. The van der Waals surface area contributed by atoms with Crippen LogP contribution >= 0.6 is 15.9 Å². The Balaban J connectivity index is 2.98. The highest BCUT2D eigenvalue weighted by Crippen LogP contribution is 2.12. The van der Waals surface area contributed by atoms with Crippen molar-refractivity contribution in [1.82, 2.24) is 0 Å². The highest BCUT2D eigenvalue weighted by molar-refractivity contribution is 9.09. The molecule has 0 saturated heterocycles. The van der Waals surface area contributed by atoms with Crippen LogP contribution in [0.4, 0.5) is 0 Å². The molecule has 0 aliphatic rings. The molecule has 0 heterocycles. The molecule has 0 spiro atoms. The van der Waals surface area contributed by atoms with Gasteiger partial charge in [0, 0.05) is 6.61 Å². The highest BCUT2D eigenvalue weighted by atomic mass is 79.9. The van der Waals surface area contributed by atoms with Crippen molar-refractivity contribution in [2.24, 2.45) is 0 Å². The SMILES string of the molecule is CCCCCCCCCCOC(Br)CCC. The Morgan fingerprint density at radius 3 is 1.94 bits per heavy atom.